The fourth-order valence-corrected chi connectivity index (χ4v) is 1.85. The van der Waals surface area contributed by atoms with Crippen LogP contribution in [0.15, 0.2) is 28.1 Å². The molecule has 0 saturated carbocycles. The average Bonchev–Trinajstić information content (AvgIpc) is 2.70. The Labute approximate surface area is 126 Å². The zero-order valence-corrected chi connectivity index (χ0v) is 12.2. The molecule has 0 fully saturated rings. The standard InChI is InChI=1S/C14H15N5O3/c1-8-3-4-11-12(5-8)22-7-10(6-21-11)17-19-14-15-13(20)9(2)16-18-14/h3-5H,6-7H2,1-2H3,(H2,15,18,19,20)/b17-10+. The molecular formula is C14H15N5O3. The van der Waals surface area contributed by atoms with Crippen LogP contribution in [0.4, 0.5) is 5.95 Å². The van der Waals surface area contributed by atoms with E-state index in [1.165, 1.54) is 0 Å². The van der Waals surface area contributed by atoms with Gasteiger partial charge in [0.25, 0.3) is 5.56 Å². The number of nitrogens with zero attached hydrogens (tertiary/aromatic N) is 3. The Morgan fingerprint density at radius 3 is 2.73 bits per heavy atom. The van der Waals surface area contributed by atoms with Crippen molar-refractivity contribution < 1.29 is 9.47 Å². The molecule has 0 aliphatic carbocycles. The molecule has 1 aliphatic rings. The lowest BCUT2D eigenvalue weighted by molar-refractivity contribution is 0.354. The SMILES string of the molecule is Cc1ccc2c(c1)OC/C(=N/Nc1nnc(C)c(=O)[nH]1)CO2. The van der Waals surface area contributed by atoms with Gasteiger partial charge in [0.05, 0.1) is 0 Å². The molecule has 1 aliphatic heterocycles. The molecule has 3 rings (SSSR count). The Balaban J connectivity index is 1.71. The van der Waals surface area contributed by atoms with E-state index in [1.54, 1.807) is 6.92 Å². The number of ether oxygens (including phenoxy) is 2. The molecule has 2 heterocycles. The summed E-state index contributed by atoms with van der Waals surface area (Å²) in [6.07, 6.45) is 0. The molecule has 0 unspecified atom stereocenters. The molecule has 0 amide bonds. The summed E-state index contributed by atoms with van der Waals surface area (Å²) >= 11 is 0. The first kappa shape index (κ1) is 14.1. The molecule has 0 bridgehead atoms. The summed E-state index contributed by atoms with van der Waals surface area (Å²) in [4.78, 5) is 14.0. The maximum atomic E-state index is 11.4. The van der Waals surface area contributed by atoms with E-state index in [9.17, 15) is 4.79 Å². The Morgan fingerprint density at radius 1 is 1.18 bits per heavy atom. The van der Waals surface area contributed by atoms with E-state index >= 15 is 0 Å². The summed E-state index contributed by atoms with van der Waals surface area (Å²) in [5.74, 6) is 1.54. The Hall–Kier alpha value is -2.90. The molecule has 2 aromatic rings. The van der Waals surface area contributed by atoms with E-state index in [4.69, 9.17) is 9.47 Å². The minimum atomic E-state index is -0.311. The van der Waals surface area contributed by atoms with Gasteiger partial charge in [-0.25, -0.2) is 5.43 Å². The summed E-state index contributed by atoms with van der Waals surface area (Å²) < 4.78 is 11.3. The number of anilines is 1. The normalized spacial score (nSPS) is 15.5. The highest BCUT2D eigenvalue weighted by molar-refractivity contribution is 5.88. The largest absolute Gasteiger partial charge is 0.484 e. The maximum Gasteiger partial charge on any atom is 0.274 e. The minimum Gasteiger partial charge on any atom is -0.484 e. The second kappa shape index (κ2) is 5.84. The highest BCUT2D eigenvalue weighted by atomic mass is 16.5. The van der Waals surface area contributed by atoms with E-state index in [0.717, 1.165) is 5.56 Å². The van der Waals surface area contributed by atoms with Gasteiger partial charge in [0.2, 0.25) is 5.95 Å². The summed E-state index contributed by atoms with van der Waals surface area (Å²) in [6, 6.07) is 5.73. The molecule has 0 atom stereocenters. The fraction of sp³-hybridized carbons (Fsp3) is 0.286. The van der Waals surface area contributed by atoms with Gasteiger partial charge in [-0.1, -0.05) is 6.07 Å². The van der Waals surface area contributed by atoms with Crippen LogP contribution >= 0.6 is 0 Å². The van der Waals surface area contributed by atoms with Crippen LogP contribution in [-0.2, 0) is 0 Å². The smallest absolute Gasteiger partial charge is 0.274 e. The van der Waals surface area contributed by atoms with Crippen molar-refractivity contribution >= 4 is 11.7 Å². The zero-order chi connectivity index (χ0) is 15.5. The molecule has 22 heavy (non-hydrogen) atoms. The van der Waals surface area contributed by atoms with Crippen molar-refractivity contribution in [3.63, 3.8) is 0 Å². The van der Waals surface area contributed by atoms with E-state index in [0.29, 0.717) is 22.9 Å². The summed E-state index contributed by atoms with van der Waals surface area (Å²) in [5, 5.41) is 11.6. The van der Waals surface area contributed by atoms with Crippen LogP contribution in [0.5, 0.6) is 11.5 Å². The number of nitrogens with one attached hydrogen (secondary N) is 2. The van der Waals surface area contributed by atoms with Crippen molar-refractivity contribution in [1.82, 2.24) is 15.2 Å². The molecule has 0 spiro atoms. The number of H-pyrrole nitrogens is 1. The molecular weight excluding hydrogens is 286 g/mol. The topological polar surface area (TPSA) is 101 Å². The molecule has 114 valence electrons. The second-order valence-electron chi connectivity index (χ2n) is 4.91. The predicted octanol–water partition coefficient (Wildman–Crippen LogP) is 1.02. The number of benzene rings is 1. The number of hydrogen-bond acceptors (Lipinski definition) is 7. The van der Waals surface area contributed by atoms with Gasteiger partial charge in [0.1, 0.15) is 24.6 Å². The highest BCUT2D eigenvalue weighted by Crippen LogP contribution is 2.29. The third-order valence-electron chi connectivity index (χ3n) is 3.07. The number of fused-ring (bicyclic) bond motifs is 1. The Morgan fingerprint density at radius 2 is 1.95 bits per heavy atom. The van der Waals surface area contributed by atoms with Crippen LogP contribution < -0.4 is 20.5 Å². The number of hydrazone groups is 1. The fourth-order valence-electron chi connectivity index (χ4n) is 1.85. The van der Waals surface area contributed by atoms with Crippen LogP contribution in [-0.4, -0.2) is 34.1 Å². The molecule has 1 aromatic heterocycles. The summed E-state index contributed by atoms with van der Waals surface area (Å²) in [6.45, 7) is 4.13. The quantitative estimate of drug-likeness (QED) is 0.803. The monoisotopic (exact) mass is 301 g/mol. The van der Waals surface area contributed by atoms with Gasteiger partial charge >= 0.3 is 0 Å². The van der Waals surface area contributed by atoms with Gasteiger partial charge in [-0.3, -0.25) is 9.78 Å². The van der Waals surface area contributed by atoms with E-state index in [-0.39, 0.29) is 24.7 Å². The molecule has 0 saturated heterocycles. The van der Waals surface area contributed by atoms with Gasteiger partial charge in [-0.05, 0) is 31.5 Å². The van der Waals surface area contributed by atoms with Gasteiger partial charge < -0.3 is 9.47 Å². The van der Waals surface area contributed by atoms with Gasteiger partial charge in [-0.15, -0.1) is 10.2 Å². The lowest BCUT2D eigenvalue weighted by atomic mass is 10.2. The maximum absolute atomic E-state index is 11.4. The van der Waals surface area contributed by atoms with Crippen LogP contribution in [0, 0.1) is 13.8 Å². The zero-order valence-electron chi connectivity index (χ0n) is 12.2. The van der Waals surface area contributed by atoms with Crippen molar-refractivity contribution in [3.8, 4) is 11.5 Å². The first-order chi connectivity index (χ1) is 10.6. The van der Waals surface area contributed by atoms with Crippen molar-refractivity contribution in [2.24, 2.45) is 5.10 Å². The number of aryl methyl sites for hydroxylation is 2. The average molecular weight is 301 g/mol. The third kappa shape index (κ3) is 3.05. The summed E-state index contributed by atoms with van der Waals surface area (Å²) in [7, 11) is 0. The van der Waals surface area contributed by atoms with Gasteiger partial charge in [0, 0.05) is 0 Å². The van der Waals surface area contributed by atoms with Crippen molar-refractivity contribution in [2.45, 2.75) is 13.8 Å². The second-order valence-corrected chi connectivity index (χ2v) is 4.91. The van der Waals surface area contributed by atoms with Crippen LogP contribution in [0.3, 0.4) is 0 Å². The van der Waals surface area contributed by atoms with Crippen LogP contribution in [0.2, 0.25) is 0 Å². The minimum absolute atomic E-state index is 0.167. The van der Waals surface area contributed by atoms with Crippen molar-refractivity contribution in [3.05, 3.63) is 39.8 Å². The molecule has 8 nitrogen and oxygen atoms in total. The number of aromatic nitrogens is 3. The summed E-state index contributed by atoms with van der Waals surface area (Å²) in [5.41, 5.74) is 4.36. The van der Waals surface area contributed by atoms with E-state index in [2.05, 4.69) is 25.7 Å². The molecule has 0 radical (unpaired) electrons. The first-order valence-electron chi connectivity index (χ1n) is 6.73. The Kier molecular flexibility index (Phi) is 3.73. The molecule has 1 aromatic carbocycles. The van der Waals surface area contributed by atoms with E-state index in [1.807, 2.05) is 25.1 Å². The number of hydrogen-bond donors (Lipinski definition) is 2. The number of aromatic amines is 1. The predicted molar refractivity (Wildman–Crippen MR) is 80.6 cm³/mol. The highest BCUT2D eigenvalue weighted by Gasteiger charge is 2.14. The first-order valence-corrected chi connectivity index (χ1v) is 6.73. The van der Waals surface area contributed by atoms with Crippen LogP contribution in [0.1, 0.15) is 11.3 Å². The van der Waals surface area contributed by atoms with Crippen molar-refractivity contribution in [1.29, 1.82) is 0 Å². The van der Waals surface area contributed by atoms with Crippen molar-refractivity contribution in [2.75, 3.05) is 18.6 Å². The third-order valence-corrected chi connectivity index (χ3v) is 3.07. The Bertz CT molecular complexity index is 784. The van der Waals surface area contributed by atoms with Gasteiger partial charge in [-0.2, -0.15) is 5.10 Å². The van der Waals surface area contributed by atoms with E-state index < -0.39 is 0 Å². The molecule has 2 N–H and O–H groups in total. The molecule has 8 heteroatoms. The lowest BCUT2D eigenvalue weighted by Gasteiger charge is -2.06. The lowest BCUT2D eigenvalue weighted by Crippen LogP contribution is -2.20. The number of rotatable bonds is 2. The van der Waals surface area contributed by atoms with Crippen LogP contribution in [0.25, 0.3) is 0 Å². The van der Waals surface area contributed by atoms with Gasteiger partial charge in [0.15, 0.2) is 11.5 Å².